The van der Waals surface area contributed by atoms with E-state index >= 15 is 0 Å². The lowest BCUT2D eigenvalue weighted by Crippen LogP contribution is -2.27. The first kappa shape index (κ1) is 17.1. The quantitative estimate of drug-likeness (QED) is 0.707. The maximum Gasteiger partial charge on any atom is 0.255 e. The lowest BCUT2D eigenvalue weighted by Gasteiger charge is -2.15. The number of likely N-dealkylation sites (tertiary alicyclic amines) is 1. The third-order valence-corrected chi connectivity index (χ3v) is 4.50. The molecule has 27 heavy (non-hydrogen) atoms. The molecule has 3 aromatic rings. The highest BCUT2D eigenvalue weighted by Crippen LogP contribution is 2.24. The molecule has 136 valence electrons. The van der Waals surface area contributed by atoms with E-state index in [0.29, 0.717) is 5.56 Å². The predicted molar refractivity (Wildman–Crippen MR) is 106 cm³/mol. The summed E-state index contributed by atoms with van der Waals surface area (Å²) >= 11 is 0. The van der Waals surface area contributed by atoms with E-state index in [4.69, 9.17) is 4.74 Å². The van der Waals surface area contributed by atoms with Crippen LogP contribution in [0.4, 0.5) is 11.4 Å². The summed E-state index contributed by atoms with van der Waals surface area (Å²) in [6, 6.07) is 19.2. The molecule has 1 saturated heterocycles. The van der Waals surface area contributed by atoms with Crippen LogP contribution in [0.3, 0.4) is 0 Å². The number of nitrogens with zero attached hydrogens (tertiary/aromatic N) is 2. The minimum absolute atomic E-state index is 0.0512. The van der Waals surface area contributed by atoms with Gasteiger partial charge in [0.05, 0.1) is 17.4 Å². The van der Waals surface area contributed by atoms with Crippen LogP contribution in [0.1, 0.15) is 23.2 Å². The SMILES string of the molecule is O=C(c1cncc(Nc2ccc(Oc3ccccc3)cc2)c1)N1CCCC1. The van der Waals surface area contributed by atoms with E-state index in [0.717, 1.165) is 48.8 Å². The summed E-state index contributed by atoms with van der Waals surface area (Å²) in [5, 5.41) is 3.29. The normalized spacial score (nSPS) is 13.4. The fourth-order valence-electron chi connectivity index (χ4n) is 3.13. The van der Waals surface area contributed by atoms with Gasteiger partial charge in [-0.2, -0.15) is 0 Å². The summed E-state index contributed by atoms with van der Waals surface area (Å²) in [7, 11) is 0. The second-order valence-electron chi connectivity index (χ2n) is 6.53. The third kappa shape index (κ3) is 4.26. The number of amides is 1. The molecule has 1 N–H and O–H groups in total. The zero-order valence-electron chi connectivity index (χ0n) is 15.0. The van der Waals surface area contributed by atoms with Gasteiger partial charge in [0, 0.05) is 25.0 Å². The van der Waals surface area contributed by atoms with E-state index in [-0.39, 0.29) is 5.91 Å². The van der Waals surface area contributed by atoms with Crippen LogP contribution in [0.5, 0.6) is 11.5 Å². The topological polar surface area (TPSA) is 54.5 Å². The number of rotatable bonds is 5. The molecule has 0 atom stereocenters. The Morgan fingerprint density at radius 1 is 0.889 bits per heavy atom. The molecule has 0 spiro atoms. The molecule has 0 aliphatic carbocycles. The maximum atomic E-state index is 12.5. The van der Waals surface area contributed by atoms with Crippen LogP contribution >= 0.6 is 0 Å². The van der Waals surface area contributed by atoms with Crippen LogP contribution in [0.25, 0.3) is 0 Å². The van der Waals surface area contributed by atoms with E-state index < -0.39 is 0 Å². The molecule has 2 heterocycles. The fourth-order valence-corrected chi connectivity index (χ4v) is 3.13. The van der Waals surface area contributed by atoms with E-state index in [9.17, 15) is 4.79 Å². The van der Waals surface area contributed by atoms with Gasteiger partial charge in [-0.25, -0.2) is 0 Å². The Balaban J connectivity index is 1.43. The molecule has 0 radical (unpaired) electrons. The monoisotopic (exact) mass is 359 g/mol. The Morgan fingerprint density at radius 2 is 1.59 bits per heavy atom. The number of pyridine rings is 1. The number of anilines is 2. The van der Waals surface area contributed by atoms with Gasteiger partial charge >= 0.3 is 0 Å². The number of carbonyl (C=O) groups is 1. The average Bonchev–Trinajstić information content (AvgIpc) is 3.25. The molecule has 0 bridgehead atoms. The van der Waals surface area contributed by atoms with E-state index in [1.807, 2.05) is 65.6 Å². The highest BCUT2D eigenvalue weighted by Gasteiger charge is 2.19. The fraction of sp³-hybridized carbons (Fsp3) is 0.182. The van der Waals surface area contributed by atoms with Crippen LogP contribution in [0.2, 0.25) is 0 Å². The van der Waals surface area contributed by atoms with E-state index in [1.54, 1.807) is 12.4 Å². The molecular formula is C22H21N3O2. The molecule has 2 aromatic carbocycles. The number of benzene rings is 2. The summed E-state index contributed by atoms with van der Waals surface area (Å²) in [6.45, 7) is 1.67. The van der Waals surface area contributed by atoms with Crippen molar-refractivity contribution in [3.63, 3.8) is 0 Å². The molecule has 1 aromatic heterocycles. The van der Waals surface area contributed by atoms with E-state index in [1.165, 1.54) is 0 Å². The summed E-state index contributed by atoms with van der Waals surface area (Å²) < 4.78 is 5.80. The molecule has 1 aliphatic rings. The van der Waals surface area contributed by atoms with Crippen molar-refractivity contribution in [2.75, 3.05) is 18.4 Å². The van der Waals surface area contributed by atoms with Gasteiger partial charge in [-0.15, -0.1) is 0 Å². The molecule has 0 saturated carbocycles. The lowest BCUT2D eigenvalue weighted by molar-refractivity contribution is 0.0792. The Bertz CT molecular complexity index is 904. The van der Waals surface area contributed by atoms with Crippen molar-refractivity contribution in [1.29, 1.82) is 0 Å². The van der Waals surface area contributed by atoms with Gasteiger partial charge in [-0.3, -0.25) is 9.78 Å². The first-order valence-electron chi connectivity index (χ1n) is 9.12. The van der Waals surface area contributed by atoms with Gasteiger partial charge in [0.25, 0.3) is 5.91 Å². The maximum absolute atomic E-state index is 12.5. The molecule has 4 rings (SSSR count). The number of aromatic nitrogens is 1. The number of hydrogen-bond acceptors (Lipinski definition) is 4. The van der Waals surface area contributed by atoms with Crippen LogP contribution in [-0.2, 0) is 0 Å². The molecule has 5 nitrogen and oxygen atoms in total. The van der Waals surface area contributed by atoms with Crippen molar-refractivity contribution in [2.45, 2.75) is 12.8 Å². The molecule has 1 fully saturated rings. The van der Waals surface area contributed by atoms with Crippen molar-refractivity contribution in [3.8, 4) is 11.5 Å². The van der Waals surface area contributed by atoms with Crippen molar-refractivity contribution >= 4 is 17.3 Å². The third-order valence-electron chi connectivity index (χ3n) is 4.50. The Morgan fingerprint density at radius 3 is 2.33 bits per heavy atom. The number of ether oxygens (including phenoxy) is 1. The molecule has 5 heteroatoms. The standard InChI is InChI=1S/C22H21N3O2/c26-22(25-12-4-5-13-25)17-14-19(16-23-15-17)24-18-8-10-21(11-9-18)27-20-6-2-1-3-7-20/h1-3,6-11,14-16,24H,4-5,12-13H2. The van der Waals surface area contributed by atoms with Crippen LogP contribution in [-0.4, -0.2) is 28.9 Å². The number of nitrogens with one attached hydrogen (secondary N) is 1. The minimum Gasteiger partial charge on any atom is -0.457 e. The summed E-state index contributed by atoms with van der Waals surface area (Å²) in [4.78, 5) is 18.6. The molecule has 1 amide bonds. The van der Waals surface area contributed by atoms with Gasteiger partial charge in [-0.05, 0) is 55.3 Å². The Hall–Kier alpha value is -3.34. The van der Waals surface area contributed by atoms with Gasteiger partial charge in [0.1, 0.15) is 11.5 Å². The van der Waals surface area contributed by atoms with Crippen molar-refractivity contribution in [1.82, 2.24) is 9.88 Å². The summed E-state index contributed by atoms with van der Waals surface area (Å²) in [5.41, 5.74) is 2.31. The summed E-state index contributed by atoms with van der Waals surface area (Å²) in [6.07, 6.45) is 5.50. The molecule has 1 aliphatic heterocycles. The van der Waals surface area contributed by atoms with Gasteiger partial charge in [-0.1, -0.05) is 18.2 Å². The summed E-state index contributed by atoms with van der Waals surface area (Å²) in [5.74, 6) is 1.62. The molecule has 0 unspecified atom stereocenters. The van der Waals surface area contributed by atoms with E-state index in [2.05, 4.69) is 10.3 Å². The number of hydrogen-bond donors (Lipinski definition) is 1. The Kier molecular flexibility index (Phi) is 5.01. The van der Waals surface area contributed by atoms with Crippen molar-refractivity contribution in [3.05, 3.63) is 78.6 Å². The first-order chi connectivity index (χ1) is 13.3. The molecular weight excluding hydrogens is 338 g/mol. The Labute approximate surface area is 158 Å². The van der Waals surface area contributed by atoms with Gasteiger partial charge in [0.15, 0.2) is 0 Å². The van der Waals surface area contributed by atoms with Crippen molar-refractivity contribution < 1.29 is 9.53 Å². The average molecular weight is 359 g/mol. The minimum atomic E-state index is 0.0512. The van der Waals surface area contributed by atoms with Crippen LogP contribution in [0, 0.1) is 0 Å². The van der Waals surface area contributed by atoms with Gasteiger partial charge < -0.3 is 15.0 Å². The van der Waals surface area contributed by atoms with Gasteiger partial charge in [0.2, 0.25) is 0 Å². The smallest absolute Gasteiger partial charge is 0.255 e. The number of para-hydroxylation sites is 1. The zero-order chi connectivity index (χ0) is 18.5. The lowest BCUT2D eigenvalue weighted by atomic mass is 10.2. The predicted octanol–water partition coefficient (Wildman–Crippen LogP) is 4.85. The zero-order valence-corrected chi connectivity index (χ0v) is 15.0. The highest BCUT2D eigenvalue weighted by atomic mass is 16.5. The largest absolute Gasteiger partial charge is 0.457 e. The second kappa shape index (κ2) is 7.91. The van der Waals surface area contributed by atoms with Crippen LogP contribution < -0.4 is 10.1 Å². The van der Waals surface area contributed by atoms with Crippen molar-refractivity contribution in [2.24, 2.45) is 0 Å². The first-order valence-corrected chi connectivity index (χ1v) is 9.12. The van der Waals surface area contributed by atoms with Crippen LogP contribution in [0.15, 0.2) is 73.1 Å². The number of carbonyl (C=O) groups excluding carboxylic acids is 1. The second-order valence-corrected chi connectivity index (χ2v) is 6.53. The highest BCUT2D eigenvalue weighted by molar-refractivity contribution is 5.95.